The number of likely N-dealkylation sites (tertiary alicyclic amines) is 1. The summed E-state index contributed by atoms with van der Waals surface area (Å²) in [5.74, 6) is -1.62. The third-order valence-corrected chi connectivity index (χ3v) is 9.24. The minimum Gasteiger partial charge on any atom is -0.337 e. The van der Waals surface area contributed by atoms with Crippen molar-refractivity contribution in [2.75, 3.05) is 5.32 Å². The number of alkyl halides is 3. The number of anilines is 1. The number of aromatic nitrogens is 5. The number of fused-ring (bicyclic) bond motifs is 3. The van der Waals surface area contributed by atoms with Gasteiger partial charge in [0.15, 0.2) is 17.2 Å². The Bertz CT molecular complexity index is 2110. The third kappa shape index (κ3) is 5.08. The topological polar surface area (TPSA) is 114 Å². The summed E-state index contributed by atoms with van der Waals surface area (Å²) in [7, 11) is 0. The number of carbonyl (C=O) groups is 3. The largest absolute Gasteiger partial charge is 0.433 e. The molecule has 7 rings (SSSR count). The fourth-order valence-corrected chi connectivity index (χ4v) is 6.66. The molecule has 1 N–H and O–H groups in total. The molecule has 46 heavy (non-hydrogen) atoms. The lowest BCUT2D eigenvalue weighted by atomic mass is 10.0. The van der Waals surface area contributed by atoms with Gasteiger partial charge in [-0.15, -0.1) is 0 Å². The van der Waals surface area contributed by atoms with Gasteiger partial charge in [-0.25, -0.2) is 14.5 Å². The van der Waals surface area contributed by atoms with Crippen LogP contribution < -0.4 is 5.32 Å². The average molecular weight is 650 g/mol. The lowest BCUT2D eigenvalue weighted by Gasteiger charge is -2.27. The quantitative estimate of drug-likeness (QED) is 0.228. The predicted octanol–water partition coefficient (Wildman–Crippen LogP) is 5.95. The minimum atomic E-state index is -4.73. The average Bonchev–Trinajstić information content (AvgIpc) is 3.25. The van der Waals surface area contributed by atoms with Crippen molar-refractivity contribution in [3.8, 4) is 11.1 Å². The Balaban J connectivity index is 1.17. The molecule has 0 unspecified atom stereocenters. The number of piperidine rings is 1. The first-order valence-electron chi connectivity index (χ1n) is 14.5. The fraction of sp³-hybridized carbons (Fsp3) is 0.312. The van der Waals surface area contributed by atoms with Gasteiger partial charge in [-0.3, -0.25) is 14.4 Å². The molecule has 1 saturated carbocycles. The summed E-state index contributed by atoms with van der Waals surface area (Å²) in [5.41, 5.74) is 2.77. The number of nitrogens with one attached hydrogen (secondary N) is 1. The van der Waals surface area contributed by atoms with Gasteiger partial charge in [0.05, 0.1) is 10.7 Å². The first-order valence-corrected chi connectivity index (χ1v) is 14.9. The van der Waals surface area contributed by atoms with Gasteiger partial charge >= 0.3 is 6.18 Å². The van der Waals surface area contributed by atoms with E-state index in [0.717, 1.165) is 29.0 Å². The summed E-state index contributed by atoms with van der Waals surface area (Å²) in [4.78, 5) is 49.5. The second kappa shape index (κ2) is 10.4. The third-order valence-electron chi connectivity index (χ3n) is 8.94. The Hall–Kier alpha value is -4.78. The number of Topliss-reactive ketones (excluding diaryl/α,β-unsaturated/α-hetero) is 1. The first kappa shape index (κ1) is 29.9. The lowest BCUT2D eigenvalue weighted by Crippen LogP contribution is -2.46. The van der Waals surface area contributed by atoms with Crippen molar-refractivity contribution in [3.05, 3.63) is 77.0 Å². The number of benzene rings is 1. The highest BCUT2D eigenvalue weighted by atomic mass is 35.5. The molecule has 14 heteroatoms. The second-order valence-corrected chi connectivity index (χ2v) is 12.7. The molecule has 5 heterocycles. The van der Waals surface area contributed by atoms with Crippen molar-refractivity contribution in [3.63, 3.8) is 0 Å². The number of hydrogen-bond acceptors (Lipinski definition) is 6. The van der Waals surface area contributed by atoms with Crippen molar-refractivity contribution in [1.82, 2.24) is 29.0 Å². The van der Waals surface area contributed by atoms with E-state index in [4.69, 9.17) is 11.6 Å². The SMILES string of the molecule is CC(=O)c1cn(CC(=O)N2[C@H](C(=O)Nc3nc(C(F)(F)F)ccc3Cl)C[C@@]3(C)C[C@@H]23)c2ccc(-c3cnc4cc(C)nn4c3)cc12. The van der Waals surface area contributed by atoms with Crippen LogP contribution in [-0.4, -0.2) is 58.7 Å². The van der Waals surface area contributed by atoms with E-state index < -0.39 is 29.6 Å². The Morgan fingerprint density at radius 1 is 1.09 bits per heavy atom. The Kier molecular flexibility index (Phi) is 6.74. The summed E-state index contributed by atoms with van der Waals surface area (Å²) in [6.45, 7) is 5.16. The molecule has 5 aromatic rings. The molecule has 2 amide bonds. The van der Waals surface area contributed by atoms with Crippen molar-refractivity contribution >= 4 is 51.6 Å². The molecule has 1 aromatic carbocycles. The molecular formula is C32H27ClF3N7O3. The van der Waals surface area contributed by atoms with E-state index in [1.165, 1.54) is 11.8 Å². The van der Waals surface area contributed by atoms with Crippen molar-refractivity contribution in [1.29, 1.82) is 0 Å². The van der Waals surface area contributed by atoms with Crippen LogP contribution in [0.4, 0.5) is 19.0 Å². The van der Waals surface area contributed by atoms with Crippen LogP contribution in [0.3, 0.4) is 0 Å². The normalized spacial score (nSPS) is 20.7. The highest BCUT2D eigenvalue weighted by molar-refractivity contribution is 6.33. The first-order chi connectivity index (χ1) is 21.7. The Morgan fingerprint density at radius 3 is 2.61 bits per heavy atom. The van der Waals surface area contributed by atoms with Crippen molar-refractivity contribution in [2.24, 2.45) is 5.41 Å². The molecular weight excluding hydrogens is 623 g/mol. The molecule has 236 valence electrons. The maximum atomic E-state index is 13.9. The van der Waals surface area contributed by atoms with E-state index in [-0.39, 0.29) is 34.7 Å². The molecule has 2 fully saturated rings. The van der Waals surface area contributed by atoms with Crippen LogP contribution in [0.25, 0.3) is 27.7 Å². The van der Waals surface area contributed by atoms with E-state index in [1.807, 2.05) is 44.3 Å². The number of carbonyl (C=O) groups excluding carboxylic acids is 3. The zero-order chi connectivity index (χ0) is 32.7. The van der Waals surface area contributed by atoms with E-state index in [0.29, 0.717) is 35.0 Å². The van der Waals surface area contributed by atoms with Crippen molar-refractivity contribution < 1.29 is 27.6 Å². The molecule has 4 aromatic heterocycles. The van der Waals surface area contributed by atoms with Gasteiger partial charge in [0.2, 0.25) is 11.8 Å². The fourth-order valence-electron chi connectivity index (χ4n) is 6.51. The van der Waals surface area contributed by atoms with Crippen LogP contribution in [0.15, 0.2) is 55.0 Å². The molecule has 1 aliphatic heterocycles. The van der Waals surface area contributed by atoms with E-state index in [2.05, 4.69) is 20.4 Å². The highest BCUT2D eigenvalue weighted by Gasteiger charge is 2.64. The zero-order valence-corrected chi connectivity index (χ0v) is 25.6. The monoisotopic (exact) mass is 649 g/mol. The summed E-state index contributed by atoms with van der Waals surface area (Å²) in [6.07, 6.45) is 1.55. The van der Waals surface area contributed by atoms with E-state index in [9.17, 15) is 27.6 Å². The van der Waals surface area contributed by atoms with Crippen LogP contribution in [-0.2, 0) is 22.3 Å². The molecule has 0 bridgehead atoms. The summed E-state index contributed by atoms with van der Waals surface area (Å²) < 4.78 is 43.1. The van der Waals surface area contributed by atoms with Crippen LogP contribution in [0, 0.1) is 12.3 Å². The Labute approximate surface area is 265 Å². The summed E-state index contributed by atoms with van der Waals surface area (Å²) >= 11 is 6.06. The molecule has 1 saturated heterocycles. The molecule has 2 aliphatic rings. The Morgan fingerprint density at radius 2 is 1.87 bits per heavy atom. The number of rotatable bonds is 6. The van der Waals surface area contributed by atoms with Gasteiger partial charge < -0.3 is 14.8 Å². The van der Waals surface area contributed by atoms with Gasteiger partial charge in [0.1, 0.15) is 18.3 Å². The summed E-state index contributed by atoms with van der Waals surface area (Å²) in [6, 6.07) is 8.08. The molecule has 10 nitrogen and oxygen atoms in total. The molecule has 0 radical (unpaired) electrons. The highest BCUT2D eigenvalue weighted by Crippen LogP contribution is 2.59. The van der Waals surface area contributed by atoms with Crippen LogP contribution >= 0.6 is 11.6 Å². The maximum Gasteiger partial charge on any atom is 0.433 e. The zero-order valence-electron chi connectivity index (χ0n) is 24.9. The number of ketones is 1. The van der Waals surface area contributed by atoms with E-state index >= 15 is 0 Å². The predicted molar refractivity (Wildman–Crippen MR) is 163 cm³/mol. The minimum absolute atomic E-state index is 0.151. The van der Waals surface area contributed by atoms with E-state index in [1.54, 1.807) is 21.5 Å². The number of amides is 2. The van der Waals surface area contributed by atoms with Crippen molar-refractivity contribution in [2.45, 2.75) is 58.4 Å². The smallest absolute Gasteiger partial charge is 0.337 e. The number of halogens is 4. The van der Waals surface area contributed by atoms with Gasteiger partial charge in [-0.1, -0.05) is 24.6 Å². The van der Waals surface area contributed by atoms with Gasteiger partial charge in [0.25, 0.3) is 0 Å². The molecule has 3 atom stereocenters. The van der Waals surface area contributed by atoms with Crippen LogP contribution in [0.2, 0.25) is 5.02 Å². The van der Waals surface area contributed by atoms with Gasteiger partial charge in [-0.2, -0.15) is 18.3 Å². The van der Waals surface area contributed by atoms with Crippen LogP contribution in [0.1, 0.15) is 48.4 Å². The molecule has 0 spiro atoms. The van der Waals surface area contributed by atoms with Gasteiger partial charge in [-0.05, 0) is 61.9 Å². The molecule has 1 aliphatic carbocycles. The number of hydrogen-bond donors (Lipinski definition) is 1. The standard InChI is InChI=1S/C32H27ClF3N7O3/c1-16-8-27-37-12-19(13-42(27)40-16)18-4-6-23-20(9-18)21(17(2)44)14-41(23)15-28(45)43-24(10-31(3)11-26(31)43)30(46)39-29-22(33)5-7-25(38-29)32(34,35)36/h4-9,12-14,24,26H,10-11,15H2,1-3H3,(H,38,39,46)/t24-,26+,31-/m0/s1. The van der Waals surface area contributed by atoms with Gasteiger partial charge in [0, 0.05) is 52.7 Å². The lowest BCUT2D eigenvalue weighted by molar-refractivity contribution is -0.141. The number of nitrogens with zero attached hydrogens (tertiary/aromatic N) is 6. The van der Waals surface area contributed by atoms with Crippen LogP contribution in [0.5, 0.6) is 0 Å². The maximum absolute atomic E-state index is 13.9. The second-order valence-electron chi connectivity index (χ2n) is 12.3. The summed E-state index contributed by atoms with van der Waals surface area (Å²) in [5, 5.41) is 7.35. The number of pyridine rings is 1. The number of aryl methyl sites for hydroxylation is 1.